The van der Waals surface area contributed by atoms with Gasteiger partial charge in [-0.05, 0) is 30.7 Å². The zero-order valence-corrected chi connectivity index (χ0v) is 12.7. The highest BCUT2D eigenvalue weighted by Crippen LogP contribution is 2.24. The number of carbonyl (C=O) groups is 2. The molecule has 0 aliphatic rings. The maximum Gasteiger partial charge on any atom is 0.389 e. The molecule has 1 heterocycles. The second kappa shape index (κ2) is 6.73. The summed E-state index contributed by atoms with van der Waals surface area (Å²) in [6.07, 6.45) is -3.12. The van der Waals surface area contributed by atoms with E-state index in [0.29, 0.717) is 5.69 Å². The van der Waals surface area contributed by atoms with Crippen LogP contribution in [0.3, 0.4) is 0 Å². The first-order chi connectivity index (χ1) is 11.2. The van der Waals surface area contributed by atoms with Crippen LogP contribution in [0.2, 0.25) is 0 Å². The minimum atomic E-state index is -4.42. The number of amides is 2. The Morgan fingerprint density at radius 2 is 2.04 bits per heavy atom. The second-order valence-electron chi connectivity index (χ2n) is 5.22. The summed E-state index contributed by atoms with van der Waals surface area (Å²) in [4.78, 5) is 23.1. The quantitative estimate of drug-likeness (QED) is 0.876. The van der Waals surface area contributed by atoms with E-state index in [9.17, 15) is 22.8 Å². The number of carbonyl (C=O) groups excluding carboxylic acids is 2. The largest absolute Gasteiger partial charge is 0.389 e. The van der Waals surface area contributed by atoms with Crippen LogP contribution in [0.25, 0.3) is 5.69 Å². The van der Waals surface area contributed by atoms with Gasteiger partial charge in [-0.15, -0.1) is 0 Å². The van der Waals surface area contributed by atoms with Gasteiger partial charge in [0.15, 0.2) is 0 Å². The third kappa shape index (κ3) is 4.58. The van der Waals surface area contributed by atoms with Crippen molar-refractivity contribution in [3.8, 4) is 5.69 Å². The second-order valence-corrected chi connectivity index (χ2v) is 5.22. The molecule has 6 nitrogen and oxygen atoms in total. The third-order valence-electron chi connectivity index (χ3n) is 3.15. The lowest BCUT2D eigenvalue weighted by Gasteiger charge is -2.13. The van der Waals surface area contributed by atoms with E-state index < -0.39 is 30.8 Å². The molecule has 0 aliphatic heterocycles. The molecule has 1 aromatic heterocycles. The first-order valence-corrected chi connectivity index (χ1v) is 6.98. The summed E-state index contributed by atoms with van der Waals surface area (Å²) in [7, 11) is 0. The first-order valence-electron chi connectivity index (χ1n) is 6.98. The fourth-order valence-corrected chi connectivity index (χ4v) is 2.00. The number of hydrogen-bond donors (Lipinski definition) is 2. The van der Waals surface area contributed by atoms with Gasteiger partial charge in [-0.3, -0.25) is 9.59 Å². The van der Waals surface area contributed by atoms with Crippen molar-refractivity contribution in [1.29, 1.82) is 0 Å². The molecular formula is C15H15F3N4O2. The summed E-state index contributed by atoms with van der Waals surface area (Å²) in [5.41, 5.74) is 6.73. The minimum Gasteiger partial charge on any atom is -0.366 e. The van der Waals surface area contributed by atoms with Crippen molar-refractivity contribution in [3.05, 3.63) is 41.7 Å². The molecule has 24 heavy (non-hydrogen) atoms. The molecule has 0 radical (unpaired) electrons. The van der Waals surface area contributed by atoms with Gasteiger partial charge in [0.25, 0.3) is 0 Å². The molecule has 2 aromatic rings. The standard InChI is InChI=1S/C15H15F3N4O2/c1-9-7-20-22(8-9)12-3-2-10(14(19)24)6-11(12)21-13(23)4-5-15(16,17)18/h2-3,6-8H,4-5H2,1H3,(H2,19,24)(H,21,23). The Bertz CT molecular complexity index is 768. The predicted molar refractivity (Wildman–Crippen MR) is 80.7 cm³/mol. The average Bonchev–Trinajstić information content (AvgIpc) is 2.90. The van der Waals surface area contributed by atoms with Crippen LogP contribution in [0, 0.1) is 6.92 Å². The minimum absolute atomic E-state index is 0.119. The summed E-state index contributed by atoms with van der Waals surface area (Å²) in [6.45, 7) is 1.81. The van der Waals surface area contributed by atoms with Crippen molar-refractivity contribution in [1.82, 2.24) is 9.78 Å². The SMILES string of the molecule is Cc1cnn(-c2ccc(C(N)=O)cc2NC(=O)CCC(F)(F)F)c1. The maximum atomic E-state index is 12.2. The molecule has 0 unspecified atom stereocenters. The fourth-order valence-electron chi connectivity index (χ4n) is 2.00. The number of rotatable bonds is 5. The van der Waals surface area contributed by atoms with E-state index in [4.69, 9.17) is 5.73 Å². The van der Waals surface area contributed by atoms with Crippen molar-refractivity contribution < 1.29 is 22.8 Å². The Morgan fingerprint density at radius 1 is 1.33 bits per heavy atom. The van der Waals surface area contributed by atoms with Crippen LogP contribution in [-0.4, -0.2) is 27.8 Å². The molecule has 0 saturated carbocycles. The smallest absolute Gasteiger partial charge is 0.366 e. The van der Waals surface area contributed by atoms with Gasteiger partial charge in [0.1, 0.15) is 0 Å². The van der Waals surface area contributed by atoms with Crippen molar-refractivity contribution in [2.75, 3.05) is 5.32 Å². The van der Waals surface area contributed by atoms with Gasteiger partial charge in [0, 0.05) is 18.2 Å². The van der Waals surface area contributed by atoms with Crippen LogP contribution >= 0.6 is 0 Å². The van der Waals surface area contributed by atoms with E-state index in [1.54, 1.807) is 12.4 Å². The zero-order valence-electron chi connectivity index (χ0n) is 12.7. The lowest BCUT2D eigenvalue weighted by Crippen LogP contribution is -2.18. The number of halogens is 3. The van der Waals surface area contributed by atoms with Gasteiger partial charge in [0.2, 0.25) is 11.8 Å². The molecule has 0 spiro atoms. The zero-order chi connectivity index (χ0) is 17.9. The molecule has 0 bridgehead atoms. The van der Waals surface area contributed by atoms with Crippen LogP contribution < -0.4 is 11.1 Å². The summed E-state index contributed by atoms with van der Waals surface area (Å²) >= 11 is 0. The summed E-state index contributed by atoms with van der Waals surface area (Å²) in [5, 5.41) is 6.46. The lowest BCUT2D eigenvalue weighted by molar-refractivity contribution is -0.142. The highest BCUT2D eigenvalue weighted by molar-refractivity contribution is 5.98. The average molecular weight is 340 g/mol. The Morgan fingerprint density at radius 3 is 2.58 bits per heavy atom. The van der Waals surface area contributed by atoms with Crippen LogP contribution in [0.1, 0.15) is 28.8 Å². The normalized spacial score (nSPS) is 11.3. The van der Waals surface area contributed by atoms with Crippen LogP contribution in [0.15, 0.2) is 30.6 Å². The highest BCUT2D eigenvalue weighted by atomic mass is 19.4. The number of nitrogens with one attached hydrogen (secondary N) is 1. The van der Waals surface area contributed by atoms with Crippen LogP contribution in [0.5, 0.6) is 0 Å². The van der Waals surface area contributed by atoms with E-state index in [1.165, 1.54) is 22.9 Å². The molecule has 2 amide bonds. The molecule has 0 atom stereocenters. The number of anilines is 1. The number of nitrogens with zero attached hydrogens (tertiary/aromatic N) is 2. The van der Waals surface area contributed by atoms with Crippen LogP contribution in [0.4, 0.5) is 18.9 Å². The monoisotopic (exact) mass is 340 g/mol. The number of benzene rings is 1. The van der Waals surface area contributed by atoms with Crippen molar-refractivity contribution in [2.24, 2.45) is 5.73 Å². The van der Waals surface area contributed by atoms with Gasteiger partial charge in [-0.25, -0.2) is 4.68 Å². The third-order valence-corrected chi connectivity index (χ3v) is 3.15. The number of alkyl halides is 3. The highest BCUT2D eigenvalue weighted by Gasteiger charge is 2.28. The number of nitrogens with two attached hydrogens (primary N) is 1. The van der Waals surface area contributed by atoms with E-state index in [-0.39, 0.29) is 11.3 Å². The van der Waals surface area contributed by atoms with Crippen molar-refractivity contribution >= 4 is 17.5 Å². The number of aryl methyl sites for hydroxylation is 1. The first kappa shape index (κ1) is 17.5. The summed E-state index contributed by atoms with van der Waals surface area (Å²) in [6, 6.07) is 4.26. The Labute approximate surface area is 135 Å². The molecule has 2 rings (SSSR count). The number of hydrogen-bond acceptors (Lipinski definition) is 3. The van der Waals surface area contributed by atoms with Crippen LogP contribution in [-0.2, 0) is 4.79 Å². The van der Waals surface area contributed by atoms with E-state index >= 15 is 0 Å². The van der Waals surface area contributed by atoms with E-state index in [1.807, 2.05) is 6.92 Å². The lowest BCUT2D eigenvalue weighted by atomic mass is 10.1. The molecule has 0 saturated heterocycles. The molecule has 9 heteroatoms. The molecule has 0 fully saturated rings. The number of primary amides is 1. The Balaban J connectivity index is 2.29. The molecule has 1 aromatic carbocycles. The summed E-state index contributed by atoms with van der Waals surface area (Å²) < 4.78 is 38.1. The van der Waals surface area contributed by atoms with Gasteiger partial charge in [-0.1, -0.05) is 0 Å². The Kier molecular flexibility index (Phi) is 4.91. The fraction of sp³-hybridized carbons (Fsp3) is 0.267. The predicted octanol–water partition coefficient (Wildman–Crippen LogP) is 2.56. The van der Waals surface area contributed by atoms with Gasteiger partial charge < -0.3 is 11.1 Å². The molecule has 0 aliphatic carbocycles. The van der Waals surface area contributed by atoms with E-state index in [0.717, 1.165) is 5.56 Å². The molecule has 3 N–H and O–H groups in total. The van der Waals surface area contributed by atoms with E-state index in [2.05, 4.69) is 10.4 Å². The van der Waals surface area contributed by atoms with Crippen molar-refractivity contribution in [2.45, 2.75) is 25.9 Å². The molecular weight excluding hydrogens is 325 g/mol. The van der Waals surface area contributed by atoms with Gasteiger partial charge in [-0.2, -0.15) is 18.3 Å². The topological polar surface area (TPSA) is 90.0 Å². The summed E-state index contributed by atoms with van der Waals surface area (Å²) in [5.74, 6) is -1.54. The van der Waals surface area contributed by atoms with Gasteiger partial charge >= 0.3 is 6.18 Å². The maximum absolute atomic E-state index is 12.2. The number of aromatic nitrogens is 2. The molecule has 128 valence electrons. The Hall–Kier alpha value is -2.84. The van der Waals surface area contributed by atoms with Gasteiger partial charge in [0.05, 0.1) is 24.0 Å². The van der Waals surface area contributed by atoms with Crippen molar-refractivity contribution in [3.63, 3.8) is 0 Å².